The van der Waals surface area contributed by atoms with Crippen LogP contribution in [0.4, 0.5) is 5.69 Å². The highest BCUT2D eigenvalue weighted by molar-refractivity contribution is 6.31. The molecule has 5 heteroatoms. The largest absolute Gasteiger partial charge is 0.458 e. The molecule has 0 heterocycles. The normalized spacial score (nSPS) is 9.53. The second-order valence-corrected chi connectivity index (χ2v) is 3.69. The summed E-state index contributed by atoms with van der Waals surface area (Å²) in [5.41, 5.74) is 0.588. The molecule has 0 unspecified atom stereocenters. The van der Waals surface area contributed by atoms with Crippen LogP contribution in [0.5, 0.6) is 0 Å². The molecular weight excluding hydrogens is 242 g/mol. The zero-order valence-electron chi connectivity index (χ0n) is 9.33. The summed E-state index contributed by atoms with van der Waals surface area (Å²) >= 11 is 5.79. The third-order valence-corrected chi connectivity index (χ3v) is 2.08. The number of carbonyl (C=O) groups excluding carboxylic acids is 2. The summed E-state index contributed by atoms with van der Waals surface area (Å²) < 4.78 is 4.89. The van der Waals surface area contributed by atoms with Gasteiger partial charge in [0.2, 0.25) is 5.91 Å². The van der Waals surface area contributed by atoms with Crippen LogP contribution in [-0.2, 0) is 9.53 Å². The van der Waals surface area contributed by atoms with Crippen LogP contribution < -0.4 is 5.32 Å². The summed E-state index contributed by atoms with van der Waals surface area (Å²) in [6, 6.07) is 4.57. The molecule has 0 saturated heterocycles. The first-order valence-corrected chi connectivity index (χ1v) is 5.27. The summed E-state index contributed by atoms with van der Waals surface area (Å²) in [7, 11) is 0. The van der Waals surface area contributed by atoms with Crippen molar-refractivity contribution in [2.24, 2.45) is 0 Å². The van der Waals surface area contributed by atoms with Crippen LogP contribution in [0, 0.1) is 0 Å². The van der Waals surface area contributed by atoms with Gasteiger partial charge in [-0.25, -0.2) is 4.79 Å². The van der Waals surface area contributed by atoms with E-state index < -0.39 is 5.97 Å². The van der Waals surface area contributed by atoms with Crippen molar-refractivity contribution < 1.29 is 14.3 Å². The highest BCUT2D eigenvalue weighted by Crippen LogP contribution is 2.21. The first kappa shape index (κ1) is 13.3. The van der Waals surface area contributed by atoms with Crippen LogP contribution in [0.3, 0.4) is 0 Å². The minimum Gasteiger partial charge on any atom is -0.458 e. The van der Waals surface area contributed by atoms with E-state index in [1.807, 2.05) is 0 Å². The topological polar surface area (TPSA) is 55.4 Å². The molecule has 0 aliphatic carbocycles. The van der Waals surface area contributed by atoms with Gasteiger partial charge in [0.05, 0.1) is 11.3 Å². The molecule has 0 spiro atoms. The van der Waals surface area contributed by atoms with Gasteiger partial charge in [0, 0.05) is 11.9 Å². The number of anilines is 1. The SMILES string of the molecule is C=CCOC(=O)c1cc(Cl)ccc1NC(C)=O. The summed E-state index contributed by atoms with van der Waals surface area (Å²) in [6.07, 6.45) is 1.46. The lowest BCUT2D eigenvalue weighted by Gasteiger charge is -2.09. The second kappa shape index (κ2) is 6.06. The second-order valence-electron chi connectivity index (χ2n) is 3.26. The number of nitrogens with one attached hydrogen (secondary N) is 1. The molecule has 4 nitrogen and oxygen atoms in total. The molecular formula is C12H12ClNO3. The average Bonchev–Trinajstić information content (AvgIpc) is 2.27. The van der Waals surface area contributed by atoms with Crippen LogP contribution in [0.15, 0.2) is 30.9 Å². The van der Waals surface area contributed by atoms with Gasteiger partial charge in [-0.05, 0) is 18.2 Å². The Morgan fingerprint density at radius 3 is 2.82 bits per heavy atom. The van der Waals surface area contributed by atoms with Crippen LogP contribution in [0.2, 0.25) is 5.02 Å². The number of esters is 1. The fourth-order valence-corrected chi connectivity index (χ4v) is 1.37. The van der Waals surface area contributed by atoms with Gasteiger partial charge in [0.15, 0.2) is 0 Å². The number of halogens is 1. The summed E-state index contributed by atoms with van der Waals surface area (Å²) in [4.78, 5) is 22.7. The van der Waals surface area contributed by atoms with E-state index in [0.717, 1.165) is 0 Å². The molecule has 0 aliphatic rings. The van der Waals surface area contributed by atoms with Gasteiger partial charge >= 0.3 is 5.97 Å². The van der Waals surface area contributed by atoms with Crippen LogP contribution in [-0.4, -0.2) is 18.5 Å². The predicted molar refractivity (Wildman–Crippen MR) is 66.2 cm³/mol. The zero-order valence-corrected chi connectivity index (χ0v) is 10.1. The fourth-order valence-electron chi connectivity index (χ4n) is 1.20. The summed E-state index contributed by atoms with van der Waals surface area (Å²) in [6.45, 7) is 4.90. The number of hydrogen-bond acceptors (Lipinski definition) is 3. The third kappa shape index (κ3) is 3.92. The van der Waals surface area contributed by atoms with E-state index >= 15 is 0 Å². The standard InChI is InChI=1S/C12H12ClNO3/c1-3-6-17-12(16)10-7-9(13)4-5-11(10)14-8(2)15/h3-5,7H,1,6H2,2H3,(H,14,15). The molecule has 0 atom stereocenters. The van der Waals surface area contributed by atoms with Gasteiger partial charge < -0.3 is 10.1 Å². The van der Waals surface area contributed by atoms with E-state index in [2.05, 4.69) is 11.9 Å². The molecule has 1 N–H and O–H groups in total. The van der Waals surface area contributed by atoms with Gasteiger partial charge in [-0.2, -0.15) is 0 Å². The number of hydrogen-bond donors (Lipinski definition) is 1. The van der Waals surface area contributed by atoms with Crippen molar-refractivity contribution in [1.82, 2.24) is 0 Å². The Labute approximate surface area is 104 Å². The van der Waals surface area contributed by atoms with Crippen molar-refractivity contribution in [3.8, 4) is 0 Å². The first-order valence-electron chi connectivity index (χ1n) is 4.89. The smallest absolute Gasteiger partial charge is 0.340 e. The van der Waals surface area contributed by atoms with E-state index in [4.69, 9.17) is 16.3 Å². The van der Waals surface area contributed by atoms with Crippen molar-refractivity contribution in [2.45, 2.75) is 6.92 Å². The quantitative estimate of drug-likeness (QED) is 0.663. The maximum atomic E-state index is 11.7. The number of ether oxygens (including phenoxy) is 1. The molecule has 17 heavy (non-hydrogen) atoms. The van der Waals surface area contributed by atoms with E-state index in [9.17, 15) is 9.59 Å². The predicted octanol–water partition coefficient (Wildman–Crippen LogP) is 2.64. The summed E-state index contributed by atoms with van der Waals surface area (Å²) in [5.74, 6) is -0.832. The Morgan fingerprint density at radius 2 is 2.24 bits per heavy atom. The number of benzene rings is 1. The van der Waals surface area contributed by atoms with Crippen molar-refractivity contribution >= 4 is 29.2 Å². The van der Waals surface area contributed by atoms with E-state index in [1.165, 1.54) is 19.1 Å². The Kier molecular flexibility index (Phi) is 4.72. The van der Waals surface area contributed by atoms with Gasteiger partial charge in [-0.15, -0.1) is 0 Å². The fraction of sp³-hybridized carbons (Fsp3) is 0.167. The monoisotopic (exact) mass is 253 g/mol. The molecule has 0 aliphatic heterocycles. The number of amides is 1. The van der Waals surface area contributed by atoms with Gasteiger partial charge in [0.25, 0.3) is 0 Å². The molecule has 0 saturated carbocycles. The van der Waals surface area contributed by atoms with E-state index in [1.54, 1.807) is 12.1 Å². The molecule has 0 fully saturated rings. The highest BCUT2D eigenvalue weighted by Gasteiger charge is 2.14. The molecule has 1 aromatic rings. The van der Waals surface area contributed by atoms with Crippen LogP contribution in [0.25, 0.3) is 0 Å². The molecule has 1 aromatic carbocycles. The molecule has 0 aromatic heterocycles. The Morgan fingerprint density at radius 1 is 1.53 bits per heavy atom. The van der Waals surface area contributed by atoms with E-state index in [-0.39, 0.29) is 18.1 Å². The minimum atomic E-state index is -0.559. The maximum absolute atomic E-state index is 11.7. The Hall–Kier alpha value is -1.81. The Bertz CT molecular complexity index is 457. The highest BCUT2D eigenvalue weighted by atomic mass is 35.5. The van der Waals surface area contributed by atoms with Gasteiger partial charge in [-0.3, -0.25) is 4.79 Å². The maximum Gasteiger partial charge on any atom is 0.340 e. The molecule has 0 bridgehead atoms. The van der Waals surface area contributed by atoms with Crippen molar-refractivity contribution in [1.29, 1.82) is 0 Å². The van der Waals surface area contributed by atoms with Gasteiger partial charge in [0.1, 0.15) is 6.61 Å². The lowest BCUT2D eigenvalue weighted by molar-refractivity contribution is -0.114. The Balaban J connectivity index is 3.01. The lowest BCUT2D eigenvalue weighted by Crippen LogP contribution is -2.13. The minimum absolute atomic E-state index is 0.102. The van der Waals surface area contributed by atoms with Crippen molar-refractivity contribution in [3.05, 3.63) is 41.4 Å². The molecule has 90 valence electrons. The molecule has 1 amide bonds. The lowest BCUT2D eigenvalue weighted by atomic mass is 10.2. The third-order valence-electron chi connectivity index (χ3n) is 1.84. The van der Waals surface area contributed by atoms with Gasteiger partial charge in [-0.1, -0.05) is 24.3 Å². The number of rotatable bonds is 4. The number of carbonyl (C=O) groups is 2. The van der Waals surface area contributed by atoms with Crippen molar-refractivity contribution in [2.75, 3.05) is 11.9 Å². The molecule has 0 radical (unpaired) electrons. The van der Waals surface area contributed by atoms with Crippen LogP contribution >= 0.6 is 11.6 Å². The first-order chi connectivity index (χ1) is 8.04. The zero-order chi connectivity index (χ0) is 12.8. The van der Waals surface area contributed by atoms with E-state index in [0.29, 0.717) is 10.7 Å². The summed E-state index contributed by atoms with van der Waals surface area (Å²) in [5, 5.41) is 2.93. The van der Waals surface area contributed by atoms with Crippen molar-refractivity contribution in [3.63, 3.8) is 0 Å². The molecule has 1 rings (SSSR count). The van der Waals surface area contributed by atoms with Crippen LogP contribution in [0.1, 0.15) is 17.3 Å². The average molecular weight is 254 g/mol.